The van der Waals surface area contributed by atoms with Gasteiger partial charge in [-0.3, -0.25) is 0 Å². The van der Waals surface area contributed by atoms with E-state index in [0.29, 0.717) is 24.1 Å². The number of carbonyl (C=O) groups excluding carboxylic acids is 1. The second-order valence-electron chi connectivity index (χ2n) is 3.87. The molecular weight excluding hydrogens is 210 g/mol. The molecule has 1 rings (SSSR count). The van der Waals surface area contributed by atoms with Crippen LogP contribution >= 0.6 is 12.2 Å². The van der Waals surface area contributed by atoms with E-state index < -0.39 is 0 Å². The fourth-order valence-electron chi connectivity index (χ4n) is 2.00. The predicted molar refractivity (Wildman–Crippen MR) is 64.8 cm³/mol. The minimum absolute atomic E-state index is 0.0443. The van der Waals surface area contributed by atoms with E-state index in [0.717, 1.165) is 12.8 Å². The van der Waals surface area contributed by atoms with E-state index in [2.05, 4.69) is 5.32 Å². The highest BCUT2D eigenvalue weighted by atomic mass is 32.1. The number of hydrogen-bond acceptors (Lipinski definition) is 2. The Bertz CT molecular complexity index is 239. The molecule has 1 saturated carbocycles. The molecular formula is C10H19N3OS. The van der Waals surface area contributed by atoms with Gasteiger partial charge in [-0.1, -0.05) is 25.1 Å². The molecule has 3 N–H and O–H groups in total. The Kier molecular flexibility index (Phi) is 4.81. The summed E-state index contributed by atoms with van der Waals surface area (Å²) < 4.78 is 0. The van der Waals surface area contributed by atoms with Crippen LogP contribution in [0, 0.1) is 0 Å². The smallest absolute Gasteiger partial charge is 0.318 e. The molecule has 0 aromatic rings. The van der Waals surface area contributed by atoms with Crippen LogP contribution in [-0.4, -0.2) is 35.1 Å². The number of rotatable bonds is 4. The van der Waals surface area contributed by atoms with Gasteiger partial charge in [0, 0.05) is 12.6 Å². The fourth-order valence-corrected chi connectivity index (χ4v) is 2.14. The first-order chi connectivity index (χ1) is 7.15. The Morgan fingerprint density at radius 2 is 2.13 bits per heavy atom. The average Bonchev–Trinajstić information content (AvgIpc) is 2.66. The molecule has 0 unspecified atom stereocenters. The first kappa shape index (κ1) is 12.2. The van der Waals surface area contributed by atoms with Gasteiger partial charge in [0.2, 0.25) is 0 Å². The van der Waals surface area contributed by atoms with Gasteiger partial charge in [-0.2, -0.15) is 0 Å². The first-order valence-electron chi connectivity index (χ1n) is 5.48. The monoisotopic (exact) mass is 229 g/mol. The third-order valence-electron chi connectivity index (χ3n) is 2.68. The highest BCUT2D eigenvalue weighted by Gasteiger charge is 2.26. The minimum Gasteiger partial charge on any atom is -0.392 e. The number of carbonyl (C=O) groups is 1. The minimum atomic E-state index is -0.0443. The number of nitrogens with two attached hydrogens (primary N) is 1. The van der Waals surface area contributed by atoms with Gasteiger partial charge in [-0.15, -0.1) is 0 Å². The third-order valence-corrected chi connectivity index (χ3v) is 2.81. The molecule has 0 aromatic carbocycles. The molecule has 1 aliphatic rings. The van der Waals surface area contributed by atoms with Crippen LogP contribution < -0.4 is 11.1 Å². The van der Waals surface area contributed by atoms with Crippen LogP contribution in [0.25, 0.3) is 0 Å². The maximum Gasteiger partial charge on any atom is 0.318 e. The van der Waals surface area contributed by atoms with Crippen LogP contribution in [0.15, 0.2) is 0 Å². The summed E-state index contributed by atoms with van der Waals surface area (Å²) in [6, 6.07) is 0.273. The molecule has 0 aromatic heterocycles. The largest absolute Gasteiger partial charge is 0.392 e. The number of hydrogen-bond donors (Lipinski definition) is 2. The molecule has 1 aliphatic carbocycles. The van der Waals surface area contributed by atoms with Crippen LogP contribution in [0.1, 0.15) is 32.6 Å². The van der Waals surface area contributed by atoms with Gasteiger partial charge in [-0.05, 0) is 19.8 Å². The number of urea groups is 1. The summed E-state index contributed by atoms with van der Waals surface area (Å²) in [5.74, 6) is 0. The van der Waals surface area contributed by atoms with Crippen molar-refractivity contribution in [3.05, 3.63) is 0 Å². The van der Waals surface area contributed by atoms with Crippen LogP contribution in [0.4, 0.5) is 4.79 Å². The van der Waals surface area contributed by atoms with Crippen LogP contribution in [-0.2, 0) is 0 Å². The predicted octanol–water partition coefficient (Wildman–Crippen LogP) is 1.25. The molecule has 1 fully saturated rings. The van der Waals surface area contributed by atoms with Crippen LogP contribution in [0.3, 0.4) is 0 Å². The van der Waals surface area contributed by atoms with E-state index in [1.807, 2.05) is 6.92 Å². The van der Waals surface area contributed by atoms with Crippen LogP contribution in [0.5, 0.6) is 0 Å². The number of thiocarbonyl (C=S) groups is 1. The Hall–Kier alpha value is -0.840. The summed E-state index contributed by atoms with van der Waals surface area (Å²) in [6.45, 7) is 2.94. The lowest BCUT2D eigenvalue weighted by Gasteiger charge is -2.28. The molecule has 0 atom stereocenters. The fraction of sp³-hybridized carbons (Fsp3) is 0.800. The molecule has 4 nitrogen and oxygen atoms in total. The van der Waals surface area contributed by atoms with Crippen molar-refractivity contribution in [2.24, 2.45) is 5.73 Å². The highest BCUT2D eigenvalue weighted by molar-refractivity contribution is 7.80. The quantitative estimate of drug-likeness (QED) is 0.713. The summed E-state index contributed by atoms with van der Waals surface area (Å²) in [4.78, 5) is 13.9. The zero-order valence-corrected chi connectivity index (χ0v) is 9.98. The molecule has 0 heterocycles. The molecule has 5 heteroatoms. The molecule has 86 valence electrons. The maximum atomic E-state index is 11.8. The van der Waals surface area contributed by atoms with Gasteiger partial charge in [0.1, 0.15) is 0 Å². The van der Waals surface area contributed by atoms with Crippen molar-refractivity contribution in [3.63, 3.8) is 0 Å². The van der Waals surface area contributed by atoms with Gasteiger partial charge in [0.15, 0.2) is 0 Å². The van der Waals surface area contributed by atoms with E-state index in [9.17, 15) is 4.79 Å². The SMILES string of the molecule is CCNC(=O)N(CC(N)=S)C1CCCC1. The van der Waals surface area contributed by atoms with Gasteiger partial charge in [-0.25, -0.2) is 4.79 Å². The Morgan fingerprint density at radius 3 is 2.60 bits per heavy atom. The normalized spacial score (nSPS) is 16.3. The van der Waals surface area contributed by atoms with Crippen LogP contribution in [0.2, 0.25) is 0 Å². The first-order valence-corrected chi connectivity index (χ1v) is 5.88. The van der Waals surface area contributed by atoms with Gasteiger partial charge in [0.05, 0.1) is 11.5 Å². The van der Waals surface area contributed by atoms with E-state index in [-0.39, 0.29) is 6.03 Å². The third kappa shape index (κ3) is 3.66. The van der Waals surface area contributed by atoms with Crippen molar-refractivity contribution in [1.29, 1.82) is 0 Å². The Labute approximate surface area is 96.2 Å². The maximum absolute atomic E-state index is 11.8. The molecule has 0 radical (unpaired) electrons. The molecule has 15 heavy (non-hydrogen) atoms. The van der Waals surface area contributed by atoms with Crippen molar-refractivity contribution in [2.45, 2.75) is 38.6 Å². The summed E-state index contributed by atoms with van der Waals surface area (Å²) in [5, 5.41) is 2.80. The summed E-state index contributed by atoms with van der Waals surface area (Å²) in [7, 11) is 0. The molecule has 0 spiro atoms. The Balaban J connectivity index is 2.58. The molecule has 0 bridgehead atoms. The highest BCUT2D eigenvalue weighted by Crippen LogP contribution is 2.23. The number of nitrogens with one attached hydrogen (secondary N) is 1. The van der Waals surface area contributed by atoms with E-state index in [1.165, 1.54) is 12.8 Å². The number of amides is 2. The lowest BCUT2D eigenvalue weighted by Crippen LogP contribution is -2.48. The topological polar surface area (TPSA) is 58.4 Å². The van der Waals surface area contributed by atoms with Gasteiger partial charge in [0.25, 0.3) is 0 Å². The second kappa shape index (κ2) is 5.90. The summed E-state index contributed by atoms with van der Waals surface area (Å²) in [6.07, 6.45) is 4.52. The van der Waals surface area contributed by atoms with Crippen molar-refractivity contribution in [1.82, 2.24) is 10.2 Å². The zero-order chi connectivity index (χ0) is 11.3. The lowest BCUT2D eigenvalue weighted by molar-refractivity contribution is 0.186. The van der Waals surface area contributed by atoms with Crippen molar-refractivity contribution >= 4 is 23.2 Å². The van der Waals surface area contributed by atoms with Crippen molar-refractivity contribution in [3.8, 4) is 0 Å². The summed E-state index contributed by atoms with van der Waals surface area (Å²) >= 11 is 4.87. The standard InChI is InChI=1S/C10H19N3OS/c1-2-12-10(14)13(7-9(11)15)8-5-3-4-6-8/h8H,2-7H2,1H3,(H2,11,15)(H,12,14). The van der Waals surface area contributed by atoms with E-state index >= 15 is 0 Å². The number of nitrogens with zero attached hydrogens (tertiary/aromatic N) is 1. The lowest BCUT2D eigenvalue weighted by atomic mass is 10.2. The molecule has 2 amide bonds. The zero-order valence-electron chi connectivity index (χ0n) is 9.16. The molecule has 0 saturated heterocycles. The van der Waals surface area contributed by atoms with Crippen molar-refractivity contribution < 1.29 is 4.79 Å². The molecule has 0 aliphatic heterocycles. The van der Waals surface area contributed by atoms with E-state index in [4.69, 9.17) is 18.0 Å². The van der Waals surface area contributed by atoms with E-state index in [1.54, 1.807) is 4.90 Å². The van der Waals surface area contributed by atoms with Gasteiger partial charge >= 0.3 is 6.03 Å². The summed E-state index contributed by atoms with van der Waals surface area (Å²) in [5.41, 5.74) is 5.50. The second-order valence-corrected chi connectivity index (χ2v) is 4.39. The average molecular weight is 229 g/mol. The Morgan fingerprint density at radius 1 is 1.53 bits per heavy atom. The van der Waals surface area contributed by atoms with Gasteiger partial charge < -0.3 is 16.0 Å². The van der Waals surface area contributed by atoms with Crippen molar-refractivity contribution in [2.75, 3.05) is 13.1 Å².